The van der Waals surface area contributed by atoms with Crippen molar-refractivity contribution in [3.05, 3.63) is 90.4 Å². The molecule has 4 nitrogen and oxygen atoms in total. The third kappa shape index (κ3) is 7.75. The van der Waals surface area contributed by atoms with Gasteiger partial charge in [0.25, 0.3) is 0 Å². The molecule has 0 N–H and O–H groups in total. The first kappa shape index (κ1) is 25.0. The van der Waals surface area contributed by atoms with E-state index in [1.165, 1.54) is 37.7 Å². The normalized spacial score (nSPS) is 16.8. The number of benzene rings is 1. The summed E-state index contributed by atoms with van der Waals surface area (Å²) in [4.78, 5) is 4.79. The quantitative estimate of drug-likeness (QED) is 0.151. The average molecular weight is 450 g/mol. The third-order valence-corrected chi connectivity index (χ3v) is 6.56. The van der Waals surface area contributed by atoms with Crippen molar-refractivity contribution in [3.8, 4) is 0 Å². The fourth-order valence-corrected chi connectivity index (χ4v) is 4.86. The Labute approximate surface area is 200 Å². The van der Waals surface area contributed by atoms with E-state index in [0.29, 0.717) is 12.5 Å². The molecule has 2 aromatic rings. The molecule has 4 heteroatoms. The van der Waals surface area contributed by atoms with Crippen LogP contribution in [0.2, 0.25) is 0 Å². The summed E-state index contributed by atoms with van der Waals surface area (Å²) in [6.45, 7) is 8.22. The van der Waals surface area contributed by atoms with Crippen LogP contribution in [-0.4, -0.2) is 36.7 Å². The fraction of sp³-hybridized carbons (Fsp3) is 0.483. The van der Waals surface area contributed by atoms with Crippen molar-refractivity contribution in [2.75, 3.05) is 27.2 Å². The van der Waals surface area contributed by atoms with Crippen molar-refractivity contribution >= 4 is 0 Å². The lowest BCUT2D eigenvalue weighted by molar-refractivity contribution is -0.904. The van der Waals surface area contributed by atoms with E-state index in [1.54, 1.807) is 6.08 Å². The second-order valence-electron chi connectivity index (χ2n) is 9.76. The van der Waals surface area contributed by atoms with Gasteiger partial charge >= 0.3 is 0 Å². The van der Waals surface area contributed by atoms with Gasteiger partial charge in [0.15, 0.2) is 5.76 Å². The lowest BCUT2D eigenvalue weighted by Crippen LogP contribution is -2.39. The number of quaternary nitrogens is 1. The number of oxazole rings is 1. The molecule has 0 bridgehead atoms. The summed E-state index contributed by atoms with van der Waals surface area (Å²) in [6.07, 6.45) is 17.0. The Morgan fingerprint density at radius 3 is 2.67 bits per heavy atom. The van der Waals surface area contributed by atoms with Crippen molar-refractivity contribution in [2.45, 2.75) is 57.9 Å². The van der Waals surface area contributed by atoms with Crippen LogP contribution in [0, 0.1) is 5.92 Å². The van der Waals surface area contributed by atoms with Gasteiger partial charge in [-0.1, -0.05) is 68.3 Å². The predicted octanol–water partition coefficient (Wildman–Crippen LogP) is 7.02. The topological polar surface area (TPSA) is 35.3 Å². The highest BCUT2D eigenvalue weighted by molar-refractivity contribution is 5.26. The van der Waals surface area contributed by atoms with Gasteiger partial charge in [-0.3, -0.25) is 0 Å². The van der Waals surface area contributed by atoms with Crippen LogP contribution in [0.25, 0.3) is 0 Å². The second kappa shape index (κ2) is 12.6. The summed E-state index contributed by atoms with van der Waals surface area (Å²) in [7, 11) is 4.48. The zero-order valence-electron chi connectivity index (χ0n) is 20.7. The molecule has 33 heavy (non-hydrogen) atoms. The Balaban J connectivity index is 1.60. The smallest absolute Gasteiger partial charge is 0.202 e. The molecular formula is C29H41N2O2+. The zero-order chi connectivity index (χ0) is 23.5. The fourth-order valence-electron chi connectivity index (χ4n) is 4.86. The van der Waals surface area contributed by atoms with Gasteiger partial charge in [-0.2, -0.15) is 0 Å². The van der Waals surface area contributed by atoms with E-state index >= 15 is 0 Å². The minimum Gasteiger partial charge on any atom is -0.494 e. The van der Waals surface area contributed by atoms with Crippen LogP contribution < -0.4 is 0 Å². The van der Waals surface area contributed by atoms with Crippen LogP contribution in [0.3, 0.4) is 0 Å². The zero-order valence-corrected chi connectivity index (χ0v) is 20.7. The SMILES string of the molecule is C=C/C=C\C(=C/C)OCCC[N+](C)(C)Cc1cnc(C(c2ccccc2)C2CCCCC2)o1. The van der Waals surface area contributed by atoms with Crippen molar-refractivity contribution in [1.29, 1.82) is 0 Å². The van der Waals surface area contributed by atoms with Crippen LogP contribution in [0.1, 0.15) is 68.6 Å². The van der Waals surface area contributed by atoms with Gasteiger partial charge in [0.1, 0.15) is 12.3 Å². The van der Waals surface area contributed by atoms with Gasteiger partial charge < -0.3 is 13.6 Å². The lowest BCUT2D eigenvalue weighted by Gasteiger charge is -2.29. The molecule has 178 valence electrons. The largest absolute Gasteiger partial charge is 0.494 e. The molecule has 1 heterocycles. The third-order valence-electron chi connectivity index (χ3n) is 6.56. The summed E-state index contributed by atoms with van der Waals surface area (Å²) in [5.74, 6) is 3.61. The number of allylic oxidation sites excluding steroid dienone is 4. The second-order valence-corrected chi connectivity index (χ2v) is 9.76. The molecule has 0 aliphatic heterocycles. The Hall–Kier alpha value is -2.59. The molecule has 0 spiro atoms. The Morgan fingerprint density at radius 1 is 1.21 bits per heavy atom. The Morgan fingerprint density at radius 2 is 1.97 bits per heavy atom. The van der Waals surface area contributed by atoms with Gasteiger partial charge in [0.2, 0.25) is 5.89 Å². The number of nitrogens with zero attached hydrogens (tertiary/aromatic N) is 2. The lowest BCUT2D eigenvalue weighted by atomic mass is 9.77. The number of rotatable bonds is 12. The van der Waals surface area contributed by atoms with Gasteiger partial charge in [0.05, 0.1) is 39.4 Å². The molecule has 1 fully saturated rings. The van der Waals surface area contributed by atoms with Crippen molar-refractivity contribution in [2.24, 2.45) is 5.92 Å². The van der Waals surface area contributed by atoms with Crippen LogP contribution in [0.15, 0.2) is 77.6 Å². The van der Waals surface area contributed by atoms with Gasteiger partial charge in [-0.05, 0) is 43.4 Å². The maximum atomic E-state index is 6.41. The summed E-state index contributed by atoms with van der Waals surface area (Å²) in [5, 5.41) is 0. The van der Waals surface area contributed by atoms with E-state index in [-0.39, 0.29) is 5.92 Å². The first-order valence-corrected chi connectivity index (χ1v) is 12.4. The minimum atomic E-state index is 0.257. The van der Waals surface area contributed by atoms with Crippen LogP contribution >= 0.6 is 0 Å². The molecule has 1 aromatic heterocycles. The van der Waals surface area contributed by atoms with Crippen LogP contribution in [0.4, 0.5) is 0 Å². The molecule has 3 rings (SSSR count). The molecule has 1 aliphatic rings. The first-order valence-electron chi connectivity index (χ1n) is 12.4. The predicted molar refractivity (Wildman–Crippen MR) is 136 cm³/mol. The van der Waals surface area contributed by atoms with Gasteiger partial charge in [-0.25, -0.2) is 4.98 Å². The maximum Gasteiger partial charge on any atom is 0.202 e. The molecule has 1 aliphatic carbocycles. The number of hydrogen-bond acceptors (Lipinski definition) is 3. The summed E-state index contributed by atoms with van der Waals surface area (Å²) >= 11 is 0. The Kier molecular flexibility index (Phi) is 9.56. The molecule has 0 radical (unpaired) electrons. The summed E-state index contributed by atoms with van der Waals surface area (Å²) in [5.41, 5.74) is 1.33. The summed E-state index contributed by atoms with van der Waals surface area (Å²) in [6, 6.07) is 10.8. The standard InChI is InChI=1S/C29H41N2O2/c1-5-7-19-26(6-2)32-21-14-20-31(3,4)23-27-22-30-29(33-27)28(24-15-10-8-11-16-24)25-17-12-9-13-18-25/h5-8,10-11,15-16,19,22,25,28H,1,9,12-14,17-18,20-21,23H2,2-4H3/q+1/b19-7-,26-6+. The maximum absolute atomic E-state index is 6.41. The molecule has 1 saturated carbocycles. The van der Waals surface area contributed by atoms with Crippen LogP contribution in [0.5, 0.6) is 0 Å². The number of aromatic nitrogens is 1. The highest BCUT2D eigenvalue weighted by Gasteiger charge is 2.31. The van der Waals surface area contributed by atoms with Crippen molar-refractivity contribution < 1.29 is 13.6 Å². The Bertz CT molecular complexity index is 905. The van der Waals surface area contributed by atoms with Crippen LogP contribution in [-0.2, 0) is 11.3 Å². The van der Waals surface area contributed by atoms with E-state index in [4.69, 9.17) is 14.1 Å². The van der Waals surface area contributed by atoms with Gasteiger partial charge in [-0.15, -0.1) is 0 Å². The molecule has 0 saturated heterocycles. The number of ether oxygens (including phenoxy) is 1. The molecular weight excluding hydrogens is 408 g/mol. The van der Waals surface area contributed by atoms with E-state index < -0.39 is 0 Å². The highest BCUT2D eigenvalue weighted by atomic mass is 16.5. The van der Waals surface area contributed by atoms with Crippen molar-refractivity contribution in [1.82, 2.24) is 4.98 Å². The van der Waals surface area contributed by atoms with E-state index in [2.05, 4.69) is 51.0 Å². The van der Waals surface area contributed by atoms with Crippen molar-refractivity contribution in [3.63, 3.8) is 0 Å². The van der Waals surface area contributed by atoms with E-state index in [1.807, 2.05) is 31.3 Å². The monoisotopic (exact) mass is 449 g/mol. The molecule has 0 amide bonds. The number of hydrogen-bond donors (Lipinski definition) is 0. The minimum absolute atomic E-state index is 0.257. The van der Waals surface area contributed by atoms with E-state index in [9.17, 15) is 0 Å². The highest BCUT2D eigenvalue weighted by Crippen LogP contribution is 2.40. The first-order chi connectivity index (χ1) is 16.0. The van der Waals surface area contributed by atoms with E-state index in [0.717, 1.165) is 41.4 Å². The molecule has 1 aromatic carbocycles. The van der Waals surface area contributed by atoms with Gasteiger partial charge in [0, 0.05) is 6.42 Å². The summed E-state index contributed by atoms with van der Waals surface area (Å²) < 4.78 is 13.1. The average Bonchev–Trinajstić information content (AvgIpc) is 3.27. The molecule has 1 unspecified atom stereocenters. The molecule has 1 atom stereocenters.